The SMILES string of the molecule is CCC(=O)O[C@@](C)(CN)c1ccccc1. The molecule has 3 nitrogen and oxygen atoms in total. The fourth-order valence-corrected chi connectivity index (χ4v) is 1.33. The van der Waals surface area contributed by atoms with Crippen molar-refractivity contribution >= 4 is 5.97 Å². The summed E-state index contributed by atoms with van der Waals surface area (Å²) in [7, 11) is 0. The maximum Gasteiger partial charge on any atom is 0.306 e. The van der Waals surface area contributed by atoms with Gasteiger partial charge >= 0.3 is 5.97 Å². The zero-order chi connectivity index (χ0) is 11.3. The lowest BCUT2D eigenvalue weighted by Gasteiger charge is -2.28. The third-order valence-corrected chi connectivity index (χ3v) is 2.40. The zero-order valence-electron chi connectivity index (χ0n) is 9.19. The average molecular weight is 207 g/mol. The molecule has 0 spiro atoms. The van der Waals surface area contributed by atoms with Gasteiger partial charge in [-0.3, -0.25) is 4.79 Å². The minimum Gasteiger partial charge on any atom is -0.453 e. The summed E-state index contributed by atoms with van der Waals surface area (Å²) < 4.78 is 5.36. The quantitative estimate of drug-likeness (QED) is 0.766. The van der Waals surface area contributed by atoms with Gasteiger partial charge in [0.15, 0.2) is 0 Å². The second-order valence-electron chi connectivity index (χ2n) is 3.63. The predicted octanol–water partition coefficient (Wildman–Crippen LogP) is 1.81. The number of carbonyl (C=O) groups excluding carboxylic acids is 1. The first-order chi connectivity index (χ1) is 7.12. The number of rotatable bonds is 4. The van der Waals surface area contributed by atoms with E-state index in [1.807, 2.05) is 37.3 Å². The molecule has 0 aliphatic rings. The van der Waals surface area contributed by atoms with Crippen molar-refractivity contribution in [3.63, 3.8) is 0 Å². The fourth-order valence-electron chi connectivity index (χ4n) is 1.33. The van der Waals surface area contributed by atoms with Gasteiger partial charge in [0.05, 0.1) is 0 Å². The third-order valence-electron chi connectivity index (χ3n) is 2.40. The Bertz CT molecular complexity index is 324. The summed E-state index contributed by atoms with van der Waals surface area (Å²) in [4.78, 5) is 11.3. The number of hydrogen-bond donors (Lipinski definition) is 1. The molecule has 1 aromatic rings. The van der Waals surface area contributed by atoms with Crippen LogP contribution in [0.1, 0.15) is 25.8 Å². The van der Waals surface area contributed by atoms with Crippen LogP contribution in [0, 0.1) is 0 Å². The predicted molar refractivity (Wildman–Crippen MR) is 59.2 cm³/mol. The van der Waals surface area contributed by atoms with Crippen molar-refractivity contribution in [3.05, 3.63) is 35.9 Å². The Balaban J connectivity index is 2.90. The van der Waals surface area contributed by atoms with Crippen molar-refractivity contribution in [2.45, 2.75) is 25.9 Å². The molecule has 0 unspecified atom stereocenters. The van der Waals surface area contributed by atoms with Crippen LogP contribution in [0.25, 0.3) is 0 Å². The molecule has 15 heavy (non-hydrogen) atoms. The van der Waals surface area contributed by atoms with Crippen molar-refractivity contribution in [2.24, 2.45) is 5.73 Å². The Labute approximate surface area is 90.2 Å². The van der Waals surface area contributed by atoms with Crippen LogP contribution < -0.4 is 5.73 Å². The summed E-state index contributed by atoms with van der Waals surface area (Å²) in [6.45, 7) is 3.88. The Morgan fingerprint density at radius 3 is 2.47 bits per heavy atom. The van der Waals surface area contributed by atoms with Gasteiger partial charge < -0.3 is 10.5 Å². The summed E-state index contributed by atoms with van der Waals surface area (Å²) in [5.41, 5.74) is 5.88. The van der Waals surface area contributed by atoms with Crippen LogP contribution in [-0.2, 0) is 15.1 Å². The Hall–Kier alpha value is -1.35. The number of carbonyl (C=O) groups is 1. The molecule has 0 aliphatic carbocycles. The van der Waals surface area contributed by atoms with E-state index >= 15 is 0 Å². The molecule has 0 heterocycles. The highest BCUT2D eigenvalue weighted by Crippen LogP contribution is 2.24. The van der Waals surface area contributed by atoms with E-state index in [2.05, 4.69) is 0 Å². The second-order valence-corrected chi connectivity index (χ2v) is 3.63. The summed E-state index contributed by atoms with van der Waals surface area (Å²) >= 11 is 0. The highest BCUT2D eigenvalue weighted by Gasteiger charge is 2.28. The topological polar surface area (TPSA) is 52.3 Å². The first-order valence-electron chi connectivity index (χ1n) is 5.10. The smallest absolute Gasteiger partial charge is 0.306 e. The lowest BCUT2D eigenvalue weighted by atomic mass is 9.96. The van der Waals surface area contributed by atoms with Crippen LogP contribution in [0.15, 0.2) is 30.3 Å². The van der Waals surface area contributed by atoms with Gasteiger partial charge in [0.2, 0.25) is 0 Å². The molecule has 1 atom stereocenters. The van der Waals surface area contributed by atoms with E-state index in [0.29, 0.717) is 6.42 Å². The lowest BCUT2D eigenvalue weighted by molar-refractivity contribution is -0.157. The van der Waals surface area contributed by atoms with E-state index in [0.717, 1.165) is 5.56 Å². The van der Waals surface area contributed by atoms with E-state index in [9.17, 15) is 4.79 Å². The highest BCUT2D eigenvalue weighted by atomic mass is 16.6. The molecule has 82 valence electrons. The summed E-state index contributed by atoms with van der Waals surface area (Å²) in [6.07, 6.45) is 0.364. The Morgan fingerprint density at radius 2 is 2.00 bits per heavy atom. The van der Waals surface area contributed by atoms with E-state index in [-0.39, 0.29) is 12.5 Å². The Morgan fingerprint density at radius 1 is 1.40 bits per heavy atom. The molecule has 1 rings (SSSR count). The minimum atomic E-state index is -0.714. The number of esters is 1. The van der Waals surface area contributed by atoms with E-state index in [1.54, 1.807) is 6.92 Å². The first-order valence-corrected chi connectivity index (χ1v) is 5.10. The van der Waals surface area contributed by atoms with Gasteiger partial charge in [0, 0.05) is 13.0 Å². The van der Waals surface area contributed by atoms with Gasteiger partial charge in [-0.2, -0.15) is 0 Å². The van der Waals surface area contributed by atoms with Crippen LogP contribution in [0.2, 0.25) is 0 Å². The standard InChI is InChI=1S/C12H17NO2/c1-3-11(14)15-12(2,9-13)10-7-5-4-6-8-10/h4-8H,3,9,13H2,1-2H3/t12-/m0/s1. The molecule has 1 aromatic carbocycles. The zero-order valence-corrected chi connectivity index (χ0v) is 9.19. The Kier molecular flexibility index (Phi) is 3.86. The first kappa shape index (κ1) is 11.7. The normalized spacial score (nSPS) is 14.3. The maximum atomic E-state index is 11.3. The van der Waals surface area contributed by atoms with E-state index in [1.165, 1.54) is 0 Å². The monoisotopic (exact) mass is 207 g/mol. The molecular formula is C12H17NO2. The second kappa shape index (κ2) is 4.94. The van der Waals surface area contributed by atoms with Gasteiger partial charge in [0.25, 0.3) is 0 Å². The van der Waals surface area contributed by atoms with Gasteiger partial charge in [-0.05, 0) is 12.5 Å². The minimum absolute atomic E-state index is 0.230. The summed E-state index contributed by atoms with van der Waals surface area (Å²) in [5.74, 6) is -0.230. The van der Waals surface area contributed by atoms with Crippen LogP contribution >= 0.6 is 0 Å². The van der Waals surface area contributed by atoms with Crippen molar-refractivity contribution in [3.8, 4) is 0 Å². The van der Waals surface area contributed by atoms with Gasteiger partial charge in [-0.1, -0.05) is 37.3 Å². The van der Waals surface area contributed by atoms with Gasteiger partial charge in [-0.15, -0.1) is 0 Å². The summed E-state index contributed by atoms with van der Waals surface area (Å²) in [6, 6.07) is 9.56. The molecular weight excluding hydrogens is 190 g/mol. The molecule has 0 amide bonds. The average Bonchev–Trinajstić information content (AvgIpc) is 2.30. The summed E-state index contributed by atoms with van der Waals surface area (Å²) in [5, 5.41) is 0. The fraction of sp³-hybridized carbons (Fsp3) is 0.417. The molecule has 0 saturated carbocycles. The van der Waals surface area contributed by atoms with Crippen molar-refractivity contribution in [1.82, 2.24) is 0 Å². The third kappa shape index (κ3) is 2.80. The number of ether oxygens (including phenoxy) is 1. The van der Waals surface area contributed by atoms with Crippen LogP contribution in [0.4, 0.5) is 0 Å². The molecule has 0 saturated heterocycles. The molecule has 0 aliphatic heterocycles. The van der Waals surface area contributed by atoms with E-state index in [4.69, 9.17) is 10.5 Å². The van der Waals surface area contributed by atoms with Crippen LogP contribution in [0.5, 0.6) is 0 Å². The van der Waals surface area contributed by atoms with Crippen molar-refractivity contribution in [2.75, 3.05) is 6.54 Å². The number of hydrogen-bond acceptors (Lipinski definition) is 3. The molecule has 0 fully saturated rings. The molecule has 0 bridgehead atoms. The van der Waals surface area contributed by atoms with E-state index < -0.39 is 5.60 Å². The van der Waals surface area contributed by atoms with Crippen molar-refractivity contribution < 1.29 is 9.53 Å². The molecule has 0 aromatic heterocycles. The number of nitrogens with two attached hydrogens (primary N) is 1. The number of benzene rings is 1. The van der Waals surface area contributed by atoms with Gasteiger partial charge in [0.1, 0.15) is 5.60 Å². The van der Waals surface area contributed by atoms with Gasteiger partial charge in [-0.25, -0.2) is 0 Å². The lowest BCUT2D eigenvalue weighted by Crippen LogP contribution is -2.36. The molecule has 3 heteroatoms. The van der Waals surface area contributed by atoms with Crippen LogP contribution in [0.3, 0.4) is 0 Å². The molecule has 2 N–H and O–H groups in total. The largest absolute Gasteiger partial charge is 0.453 e. The molecule has 0 radical (unpaired) electrons. The van der Waals surface area contributed by atoms with Crippen molar-refractivity contribution in [1.29, 1.82) is 0 Å². The van der Waals surface area contributed by atoms with Crippen LogP contribution in [-0.4, -0.2) is 12.5 Å². The highest BCUT2D eigenvalue weighted by molar-refractivity contribution is 5.69. The maximum absolute atomic E-state index is 11.3.